The van der Waals surface area contributed by atoms with Gasteiger partial charge in [0.2, 0.25) is 0 Å². The highest BCUT2D eigenvalue weighted by atomic mass is 19.1. The maximum atomic E-state index is 14.4. The summed E-state index contributed by atoms with van der Waals surface area (Å²) in [6.07, 6.45) is 2.72. The summed E-state index contributed by atoms with van der Waals surface area (Å²) < 4.78 is 20.3. The number of carbonyl (C=O) groups is 1. The lowest BCUT2D eigenvalue weighted by Crippen LogP contribution is -2.66. The van der Waals surface area contributed by atoms with Crippen LogP contribution in [0.15, 0.2) is 41.6 Å². The minimum Gasteiger partial charge on any atom is -0.464 e. The number of allylic oxidation sites excluding steroid dienone is 1. The van der Waals surface area contributed by atoms with E-state index in [4.69, 9.17) is 4.74 Å². The van der Waals surface area contributed by atoms with Crippen LogP contribution in [-0.2, 0) is 4.79 Å². The first-order chi connectivity index (χ1) is 15.0. The highest BCUT2D eigenvalue weighted by Gasteiger charge is 2.76. The standard InChI is InChI=1S/C25H30FNO5/c1-12-10-24-13(2)8-16-18(23(16,3)4)15(20(24)30)9-14(11-28)19(29)25(24,31)21(12)32-22-17(26)6-5-7-27-22/h5-7,9-10,13,15-16,18-19,21,28-29,31H,8,11H2,1-4H3/t13-,15+,16?,18?,19-,21+,24+,25+/m1/s1. The Morgan fingerprint density at radius 1 is 1.34 bits per heavy atom. The van der Waals surface area contributed by atoms with Gasteiger partial charge in [-0.3, -0.25) is 4.79 Å². The SMILES string of the molecule is CC1=C[C@]23C(=O)[C@@H](C=C(CO)[C@@H](O)[C@]2(O)[C@H]1Oc1ncccc1F)C1C(C[C@H]3C)C1(C)C. The Hall–Kier alpha value is -2.09. The number of Topliss-reactive ketones (excluding diaryl/α,β-unsaturated/α-hetero) is 1. The Balaban J connectivity index is 1.70. The van der Waals surface area contributed by atoms with Crippen LogP contribution < -0.4 is 4.74 Å². The van der Waals surface area contributed by atoms with E-state index in [1.807, 2.05) is 6.92 Å². The molecule has 0 radical (unpaired) electrons. The molecule has 2 bridgehead atoms. The Bertz CT molecular complexity index is 1050. The first kappa shape index (κ1) is 21.7. The third kappa shape index (κ3) is 2.45. The number of fused-ring (bicyclic) bond motifs is 3. The van der Waals surface area contributed by atoms with Gasteiger partial charge in [-0.05, 0) is 59.8 Å². The summed E-state index contributed by atoms with van der Waals surface area (Å²) in [5.41, 5.74) is -2.84. The molecule has 2 fully saturated rings. The third-order valence-electron chi connectivity index (χ3n) is 8.85. The van der Waals surface area contributed by atoms with E-state index in [1.165, 1.54) is 18.3 Å². The number of aliphatic hydroxyl groups is 3. The van der Waals surface area contributed by atoms with Crippen LogP contribution in [0.1, 0.15) is 34.1 Å². The van der Waals surface area contributed by atoms with Crippen molar-refractivity contribution >= 4 is 5.78 Å². The molecule has 0 amide bonds. The Morgan fingerprint density at radius 2 is 2.06 bits per heavy atom. The molecule has 2 saturated carbocycles. The van der Waals surface area contributed by atoms with Gasteiger partial charge in [0.1, 0.15) is 6.10 Å². The topological polar surface area (TPSA) is 99.9 Å². The van der Waals surface area contributed by atoms with Gasteiger partial charge in [-0.1, -0.05) is 32.9 Å². The summed E-state index contributed by atoms with van der Waals surface area (Å²) in [5.74, 6) is -1.63. The van der Waals surface area contributed by atoms with E-state index >= 15 is 0 Å². The number of nitrogens with zero attached hydrogens (tertiary/aromatic N) is 1. The van der Waals surface area contributed by atoms with E-state index in [0.717, 1.165) is 0 Å². The fourth-order valence-electron chi connectivity index (χ4n) is 7.16. The average molecular weight is 444 g/mol. The molecule has 1 spiro atoms. The van der Waals surface area contributed by atoms with Gasteiger partial charge in [0.15, 0.2) is 23.3 Å². The number of ether oxygens (including phenoxy) is 1. The molecular weight excluding hydrogens is 413 g/mol. The van der Waals surface area contributed by atoms with Crippen molar-refractivity contribution in [2.75, 3.05) is 6.61 Å². The predicted octanol–water partition coefficient (Wildman–Crippen LogP) is 2.44. The van der Waals surface area contributed by atoms with Crippen molar-refractivity contribution in [3.63, 3.8) is 0 Å². The van der Waals surface area contributed by atoms with Gasteiger partial charge in [-0.2, -0.15) is 0 Å². The molecule has 7 heteroatoms. The number of aromatic nitrogens is 1. The zero-order chi connectivity index (χ0) is 23.2. The molecule has 8 atom stereocenters. The normalized spacial score (nSPS) is 43.9. The van der Waals surface area contributed by atoms with Gasteiger partial charge >= 0.3 is 0 Å². The Labute approximate surface area is 186 Å². The number of ketones is 1. The molecule has 1 heterocycles. The highest BCUT2D eigenvalue weighted by molar-refractivity contribution is 5.95. The monoisotopic (exact) mass is 443 g/mol. The second-order valence-electron chi connectivity index (χ2n) is 10.7. The summed E-state index contributed by atoms with van der Waals surface area (Å²) in [6.45, 7) is 7.43. The Morgan fingerprint density at radius 3 is 2.72 bits per heavy atom. The van der Waals surface area contributed by atoms with Crippen molar-refractivity contribution in [2.45, 2.75) is 51.9 Å². The maximum Gasteiger partial charge on any atom is 0.251 e. The van der Waals surface area contributed by atoms with Gasteiger partial charge in [0.05, 0.1) is 12.0 Å². The minimum absolute atomic E-state index is 0.0367. The highest BCUT2D eigenvalue weighted by Crippen LogP contribution is 2.71. The van der Waals surface area contributed by atoms with Crippen molar-refractivity contribution in [1.29, 1.82) is 0 Å². The molecule has 0 saturated heterocycles. The zero-order valence-electron chi connectivity index (χ0n) is 18.7. The molecule has 5 rings (SSSR count). The average Bonchev–Trinajstić information content (AvgIpc) is 3.23. The summed E-state index contributed by atoms with van der Waals surface area (Å²) in [4.78, 5) is 18.2. The molecule has 2 unspecified atom stereocenters. The lowest BCUT2D eigenvalue weighted by molar-refractivity contribution is -0.186. The van der Waals surface area contributed by atoms with Gasteiger partial charge in [-0.25, -0.2) is 9.37 Å². The summed E-state index contributed by atoms with van der Waals surface area (Å²) >= 11 is 0. The smallest absolute Gasteiger partial charge is 0.251 e. The van der Waals surface area contributed by atoms with Crippen LogP contribution in [0.2, 0.25) is 0 Å². The summed E-state index contributed by atoms with van der Waals surface area (Å²) in [5, 5.41) is 33.8. The van der Waals surface area contributed by atoms with Crippen LogP contribution >= 0.6 is 0 Å². The Kier molecular flexibility index (Phi) is 4.56. The first-order valence-electron chi connectivity index (χ1n) is 11.2. The van der Waals surface area contributed by atoms with Gasteiger partial charge < -0.3 is 20.1 Å². The number of hydrogen-bond acceptors (Lipinski definition) is 6. The molecular formula is C25H30FNO5. The number of hydrogen-bond donors (Lipinski definition) is 3. The largest absolute Gasteiger partial charge is 0.464 e. The van der Waals surface area contributed by atoms with Crippen LogP contribution in [0.25, 0.3) is 0 Å². The molecule has 0 aromatic carbocycles. The van der Waals surface area contributed by atoms with Crippen LogP contribution in [0.3, 0.4) is 0 Å². The molecule has 1 aromatic rings. The molecule has 172 valence electrons. The number of carbonyl (C=O) groups excluding carboxylic acids is 1. The number of rotatable bonds is 3. The van der Waals surface area contributed by atoms with E-state index in [0.29, 0.717) is 17.9 Å². The molecule has 0 aliphatic heterocycles. The number of halogens is 1. The number of pyridine rings is 1. The second kappa shape index (κ2) is 6.72. The van der Waals surface area contributed by atoms with Crippen LogP contribution in [0.5, 0.6) is 5.88 Å². The van der Waals surface area contributed by atoms with Crippen LogP contribution in [0.4, 0.5) is 4.39 Å². The zero-order valence-corrected chi connectivity index (χ0v) is 18.7. The van der Waals surface area contributed by atoms with Crippen molar-refractivity contribution in [1.82, 2.24) is 4.98 Å². The van der Waals surface area contributed by atoms with E-state index in [9.17, 15) is 24.5 Å². The first-order valence-corrected chi connectivity index (χ1v) is 11.2. The molecule has 6 nitrogen and oxygen atoms in total. The van der Waals surface area contributed by atoms with E-state index < -0.39 is 41.6 Å². The van der Waals surface area contributed by atoms with Gasteiger partial charge in [0.25, 0.3) is 5.88 Å². The van der Waals surface area contributed by atoms with Crippen molar-refractivity contribution < 1.29 is 29.2 Å². The van der Waals surface area contributed by atoms with E-state index in [2.05, 4.69) is 18.8 Å². The van der Waals surface area contributed by atoms with Gasteiger partial charge in [0, 0.05) is 12.1 Å². The lowest BCUT2D eigenvalue weighted by atomic mass is 9.59. The quantitative estimate of drug-likeness (QED) is 0.621. The van der Waals surface area contributed by atoms with E-state index in [-0.39, 0.29) is 34.5 Å². The maximum absolute atomic E-state index is 14.4. The van der Waals surface area contributed by atoms with Crippen LogP contribution in [0, 0.1) is 40.3 Å². The third-order valence-corrected chi connectivity index (χ3v) is 8.85. The summed E-state index contributed by atoms with van der Waals surface area (Å²) in [6, 6.07) is 2.63. The lowest BCUT2D eigenvalue weighted by Gasteiger charge is -2.48. The molecule has 3 N–H and O–H groups in total. The van der Waals surface area contributed by atoms with E-state index in [1.54, 1.807) is 19.1 Å². The molecule has 1 aromatic heterocycles. The van der Waals surface area contributed by atoms with Crippen molar-refractivity contribution in [3.05, 3.63) is 47.4 Å². The fraction of sp³-hybridized carbons (Fsp3) is 0.600. The van der Waals surface area contributed by atoms with Crippen LogP contribution in [-0.4, -0.2) is 50.5 Å². The molecule has 32 heavy (non-hydrogen) atoms. The summed E-state index contributed by atoms with van der Waals surface area (Å²) in [7, 11) is 0. The fourth-order valence-corrected chi connectivity index (χ4v) is 7.16. The second-order valence-corrected chi connectivity index (χ2v) is 10.7. The predicted molar refractivity (Wildman–Crippen MR) is 114 cm³/mol. The minimum atomic E-state index is -2.11. The van der Waals surface area contributed by atoms with Crippen molar-refractivity contribution in [2.24, 2.45) is 34.5 Å². The molecule has 4 aliphatic rings. The molecule has 4 aliphatic carbocycles. The van der Waals surface area contributed by atoms with Crippen molar-refractivity contribution in [3.8, 4) is 5.88 Å². The van der Waals surface area contributed by atoms with Gasteiger partial charge in [-0.15, -0.1) is 0 Å². The number of aliphatic hydroxyl groups excluding tert-OH is 2.